The normalized spacial score (nSPS) is 12.5. The Morgan fingerprint density at radius 3 is 2.33 bits per heavy atom. The van der Waals surface area contributed by atoms with Crippen molar-refractivity contribution in [3.8, 4) is 0 Å². The Labute approximate surface area is 124 Å². The number of nitrogens with zero attached hydrogens (tertiary/aromatic N) is 1. The van der Waals surface area contributed by atoms with Crippen LogP contribution in [0.5, 0.6) is 0 Å². The number of fused-ring (bicyclic) bond motifs is 1. The van der Waals surface area contributed by atoms with Crippen LogP contribution < -0.4 is 5.43 Å². The highest BCUT2D eigenvalue weighted by atomic mass is 16.3. The van der Waals surface area contributed by atoms with Gasteiger partial charge < -0.3 is 10.5 Å². The molecule has 3 heteroatoms. The number of aliphatic hydroxyl groups excluding tert-OH is 1. The summed E-state index contributed by atoms with van der Waals surface area (Å²) in [5, 5.41) is 12.7. The van der Waals surface area contributed by atoms with Gasteiger partial charge in [-0.15, -0.1) is 0 Å². The minimum absolute atomic E-state index is 0.481. The molecule has 1 atom stereocenters. The van der Waals surface area contributed by atoms with Crippen LogP contribution in [0.4, 0.5) is 0 Å². The molecular weight excluding hydrogens is 260 g/mol. The summed E-state index contributed by atoms with van der Waals surface area (Å²) in [4.78, 5) is 0. The minimum atomic E-state index is -0.532. The van der Waals surface area contributed by atoms with Gasteiger partial charge in [-0.1, -0.05) is 36.4 Å². The molecule has 0 radical (unpaired) electrons. The van der Waals surface area contributed by atoms with E-state index in [2.05, 4.69) is 41.8 Å². The van der Waals surface area contributed by atoms with Crippen molar-refractivity contribution in [3.05, 3.63) is 71.5 Å². The zero-order valence-electron chi connectivity index (χ0n) is 12.4. The van der Waals surface area contributed by atoms with E-state index in [9.17, 15) is 5.11 Å². The lowest BCUT2D eigenvalue weighted by molar-refractivity contribution is 0.188. The van der Waals surface area contributed by atoms with Gasteiger partial charge in [-0.2, -0.15) is 0 Å². The number of aryl methyl sites for hydroxylation is 2. The first kappa shape index (κ1) is 13.7. The van der Waals surface area contributed by atoms with Crippen molar-refractivity contribution in [2.75, 3.05) is 12.0 Å². The topological polar surface area (TPSA) is 37.2 Å². The van der Waals surface area contributed by atoms with Crippen LogP contribution in [0.1, 0.15) is 23.1 Å². The van der Waals surface area contributed by atoms with E-state index in [0.29, 0.717) is 6.54 Å². The zero-order valence-corrected chi connectivity index (χ0v) is 12.4. The van der Waals surface area contributed by atoms with Crippen LogP contribution in [0.2, 0.25) is 0 Å². The molecule has 0 spiro atoms. The molecular formula is C18H20N2O. The third-order valence-electron chi connectivity index (χ3n) is 3.87. The molecule has 0 aliphatic carbocycles. The van der Waals surface area contributed by atoms with E-state index in [0.717, 1.165) is 22.3 Å². The Morgan fingerprint density at radius 2 is 1.62 bits per heavy atom. The van der Waals surface area contributed by atoms with Gasteiger partial charge in [0.1, 0.15) is 0 Å². The molecule has 3 aromatic rings. The molecule has 0 bridgehead atoms. The highest BCUT2D eigenvalue weighted by Gasteiger charge is 2.09. The standard InChI is InChI=1S/C18H20N2O/c1-13-7-8-14(2)20(13)19-12-18(21)17-10-9-15-5-3-4-6-16(15)11-17/h3-11,18-19,21H,12H2,1-2H3. The van der Waals surface area contributed by atoms with Crippen molar-refractivity contribution >= 4 is 10.8 Å². The smallest absolute Gasteiger partial charge is 0.0978 e. The lowest BCUT2D eigenvalue weighted by Gasteiger charge is -2.17. The first-order chi connectivity index (χ1) is 10.1. The Bertz CT molecular complexity index is 741. The van der Waals surface area contributed by atoms with Gasteiger partial charge in [0.25, 0.3) is 0 Å². The Hall–Kier alpha value is -2.26. The third kappa shape index (κ3) is 2.78. The molecule has 3 rings (SSSR count). The predicted molar refractivity (Wildman–Crippen MR) is 87.0 cm³/mol. The van der Waals surface area contributed by atoms with Crippen LogP contribution in [-0.4, -0.2) is 16.3 Å². The van der Waals surface area contributed by atoms with Crippen LogP contribution in [0.3, 0.4) is 0 Å². The lowest BCUT2D eigenvalue weighted by atomic mass is 10.0. The zero-order chi connectivity index (χ0) is 14.8. The van der Waals surface area contributed by atoms with E-state index in [1.54, 1.807) is 0 Å². The summed E-state index contributed by atoms with van der Waals surface area (Å²) in [6.45, 7) is 4.57. The van der Waals surface area contributed by atoms with Gasteiger partial charge in [0, 0.05) is 11.4 Å². The molecule has 1 unspecified atom stereocenters. The molecule has 0 aliphatic heterocycles. The predicted octanol–water partition coefficient (Wildman–Crippen LogP) is 3.54. The maximum Gasteiger partial charge on any atom is 0.0978 e. The molecule has 0 saturated carbocycles. The van der Waals surface area contributed by atoms with Gasteiger partial charge in [-0.25, -0.2) is 0 Å². The van der Waals surface area contributed by atoms with Gasteiger partial charge in [0.05, 0.1) is 12.6 Å². The van der Waals surface area contributed by atoms with Crippen molar-refractivity contribution in [2.45, 2.75) is 20.0 Å². The Kier molecular flexibility index (Phi) is 3.67. The number of benzene rings is 2. The third-order valence-corrected chi connectivity index (χ3v) is 3.87. The summed E-state index contributed by atoms with van der Waals surface area (Å²) in [5.41, 5.74) is 6.48. The molecule has 21 heavy (non-hydrogen) atoms. The van der Waals surface area contributed by atoms with E-state index in [-0.39, 0.29) is 0 Å². The fraction of sp³-hybridized carbons (Fsp3) is 0.222. The summed E-state index contributed by atoms with van der Waals surface area (Å²) >= 11 is 0. The van der Waals surface area contributed by atoms with Crippen LogP contribution in [0.25, 0.3) is 10.8 Å². The SMILES string of the molecule is Cc1ccc(C)n1NCC(O)c1ccc2ccccc2c1. The highest BCUT2D eigenvalue weighted by molar-refractivity contribution is 5.83. The summed E-state index contributed by atoms with van der Waals surface area (Å²) in [6, 6.07) is 18.4. The highest BCUT2D eigenvalue weighted by Crippen LogP contribution is 2.20. The number of nitrogens with one attached hydrogen (secondary N) is 1. The summed E-state index contributed by atoms with van der Waals surface area (Å²) < 4.78 is 2.00. The van der Waals surface area contributed by atoms with E-state index in [1.807, 2.05) is 36.7 Å². The van der Waals surface area contributed by atoms with Gasteiger partial charge in [0.2, 0.25) is 0 Å². The molecule has 3 nitrogen and oxygen atoms in total. The Balaban J connectivity index is 1.76. The van der Waals surface area contributed by atoms with Crippen molar-refractivity contribution < 1.29 is 5.11 Å². The van der Waals surface area contributed by atoms with Crippen molar-refractivity contribution in [3.63, 3.8) is 0 Å². The maximum absolute atomic E-state index is 10.4. The number of aliphatic hydroxyl groups is 1. The second-order valence-corrected chi connectivity index (χ2v) is 5.44. The molecule has 0 aliphatic rings. The van der Waals surface area contributed by atoms with Crippen LogP contribution >= 0.6 is 0 Å². The number of rotatable bonds is 4. The first-order valence-electron chi connectivity index (χ1n) is 7.21. The summed E-state index contributed by atoms with van der Waals surface area (Å²) in [5.74, 6) is 0. The van der Waals surface area contributed by atoms with Gasteiger partial charge in [0.15, 0.2) is 0 Å². The average molecular weight is 280 g/mol. The maximum atomic E-state index is 10.4. The van der Waals surface area contributed by atoms with Crippen molar-refractivity contribution in [1.82, 2.24) is 4.68 Å². The van der Waals surface area contributed by atoms with E-state index in [1.165, 1.54) is 5.39 Å². The van der Waals surface area contributed by atoms with E-state index < -0.39 is 6.10 Å². The molecule has 0 amide bonds. The van der Waals surface area contributed by atoms with Crippen molar-refractivity contribution in [2.24, 2.45) is 0 Å². The Morgan fingerprint density at radius 1 is 0.952 bits per heavy atom. The molecule has 1 heterocycles. The quantitative estimate of drug-likeness (QED) is 0.767. The van der Waals surface area contributed by atoms with Crippen LogP contribution in [0, 0.1) is 13.8 Å². The molecule has 2 N–H and O–H groups in total. The van der Waals surface area contributed by atoms with Gasteiger partial charge in [-0.3, -0.25) is 4.68 Å². The number of hydrogen-bond acceptors (Lipinski definition) is 2. The fourth-order valence-electron chi connectivity index (χ4n) is 2.63. The average Bonchev–Trinajstić information content (AvgIpc) is 2.83. The molecule has 0 saturated heterocycles. The minimum Gasteiger partial charge on any atom is -0.387 e. The van der Waals surface area contributed by atoms with Crippen LogP contribution in [0.15, 0.2) is 54.6 Å². The summed E-state index contributed by atoms with van der Waals surface area (Å²) in [6.07, 6.45) is -0.532. The van der Waals surface area contributed by atoms with Gasteiger partial charge >= 0.3 is 0 Å². The molecule has 1 aromatic heterocycles. The first-order valence-corrected chi connectivity index (χ1v) is 7.21. The fourth-order valence-corrected chi connectivity index (χ4v) is 2.63. The molecule has 108 valence electrons. The molecule has 0 fully saturated rings. The second kappa shape index (κ2) is 5.62. The largest absolute Gasteiger partial charge is 0.387 e. The number of aromatic nitrogens is 1. The van der Waals surface area contributed by atoms with E-state index in [4.69, 9.17) is 0 Å². The van der Waals surface area contributed by atoms with E-state index >= 15 is 0 Å². The van der Waals surface area contributed by atoms with Crippen molar-refractivity contribution in [1.29, 1.82) is 0 Å². The monoisotopic (exact) mass is 280 g/mol. The lowest BCUT2D eigenvalue weighted by Crippen LogP contribution is -2.23. The second-order valence-electron chi connectivity index (χ2n) is 5.44. The van der Waals surface area contributed by atoms with Crippen LogP contribution in [-0.2, 0) is 0 Å². The van der Waals surface area contributed by atoms with Gasteiger partial charge in [-0.05, 0) is 48.4 Å². The number of hydrogen-bond donors (Lipinski definition) is 2. The molecule has 2 aromatic carbocycles. The summed E-state index contributed by atoms with van der Waals surface area (Å²) in [7, 11) is 0.